The largest absolute Gasteiger partial charge is 0.508 e. The number of carbonyl (C=O) groups is 1. The lowest BCUT2D eigenvalue weighted by atomic mass is 9.88. The van der Waals surface area contributed by atoms with E-state index >= 15 is 0 Å². The highest BCUT2D eigenvalue weighted by molar-refractivity contribution is 5.89. The minimum absolute atomic E-state index is 0.00957. The normalized spacial score (nSPS) is 37.7. The van der Waals surface area contributed by atoms with Crippen molar-refractivity contribution in [2.75, 3.05) is 13.2 Å². The van der Waals surface area contributed by atoms with Gasteiger partial charge in [0.15, 0.2) is 6.29 Å². The predicted octanol–water partition coefficient (Wildman–Crippen LogP) is -1.23. The Morgan fingerprint density at radius 1 is 1.00 bits per heavy atom. The van der Waals surface area contributed by atoms with E-state index in [1.165, 1.54) is 36.6 Å². The molecule has 0 bridgehead atoms. The van der Waals surface area contributed by atoms with Crippen LogP contribution in [-0.2, 0) is 18.9 Å². The van der Waals surface area contributed by atoms with Crippen molar-refractivity contribution in [2.24, 2.45) is 11.8 Å². The molecular formula is C22H26O11. The Morgan fingerprint density at radius 2 is 1.73 bits per heavy atom. The number of esters is 1. The van der Waals surface area contributed by atoms with E-state index in [2.05, 4.69) is 0 Å². The van der Waals surface area contributed by atoms with Crippen LogP contribution in [0.1, 0.15) is 10.4 Å². The summed E-state index contributed by atoms with van der Waals surface area (Å²) in [7, 11) is 0. The number of carbonyl (C=O) groups excluding carboxylic acids is 1. The van der Waals surface area contributed by atoms with E-state index < -0.39 is 67.5 Å². The molecule has 6 N–H and O–H groups in total. The molecule has 3 aliphatic rings. The number of hydrogen-bond acceptors (Lipinski definition) is 11. The lowest BCUT2D eigenvalue weighted by Gasteiger charge is -2.42. The Balaban J connectivity index is 1.45. The van der Waals surface area contributed by atoms with Gasteiger partial charge in [0.25, 0.3) is 0 Å². The fraction of sp³-hybridized carbons (Fsp3) is 0.500. The highest BCUT2D eigenvalue weighted by Gasteiger charge is 2.49. The van der Waals surface area contributed by atoms with Gasteiger partial charge in [0.1, 0.15) is 36.8 Å². The third-order valence-electron chi connectivity index (χ3n) is 6.02. The maximum atomic E-state index is 12.3. The number of rotatable bonds is 6. The molecule has 0 radical (unpaired) electrons. The summed E-state index contributed by atoms with van der Waals surface area (Å²) in [6, 6.07) is 5.54. The van der Waals surface area contributed by atoms with Crippen LogP contribution in [0.2, 0.25) is 0 Å². The molecule has 1 aromatic rings. The SMILES string of the molecule is O=C(OCC1=C[C@@H](O)[C@@H]2C=CO[C@@H](OC3OC(CO)C(O)C(O)C3O)[C@H]12)c1ccc(O)cc1. The first-order chi connectivity index (χ1) is 15.8. The molecule has 11 nitrogen and oxygen atoms in total. The van der Waals surface area contributed by atoms with Gasteiger partial charge in [-0.15, -0.1) is 0 Å². The molecule has 0 saturated carbocycles. The number of hydrogen-bond donors (Lipinski definition) is 6. The summed E-state index contributed by atoms with van der Waals surface area (Å²) in [6.07, 6.45) is -4.86. The van der Waals surface area contributed by atoms with Crippen LogP contribution in [0.5, 0.6) is 5.75 Å². The van der Waals surface area contributed by atoms with E-state index in [-0.39, 0.29) is 17.9 Å². The van der Waals surface area contributed by atoms with Crippen molar-refractivity contribution in [1.82, 2.24) is 0 Å². The smallest absolute Gasteiger partial charge is 0.338 e. The van der Waals surface area contributed by atoms with Crippen LogP contribution in [0.25, 0.3) is 0 Å². The molecular weight excluding hydrogens is 440 g/mol. The fourth-order valence-corrected chi connectivity index (χ4v) is 4.19. The van der Waals surface area contributed by atoms with Gasteiger partial charge in [0.2, 0.25) is 6.29 Å². The second-order valence-electron chi connectivity index (χ2n) is 8.12. The average molecular weight is 466 g/mol. The minimum atomic E-state index is -1.62. The highest BCUT2D eigenvalue weighted by Crippen LogP contribution is 2.41. The molecule has 0 amide bonds. The summed E-state index contributed by atoms with van der Waals surface area (Å²) in [5, 5.41) is 59.4. The van der Waals surface area contributed by atoms with Crippen LogP contribution in [-0.4, -0.2) is 92.9 Å². The van der Waals surface area contributed by atoms with E-state index in [1.54, 1.807) is 6.08 Å². The minimum Gasteiger partial charge on any atom is -0.508 e. The van der Waals surface area contributed by atoms with Gasteiger partial charge in [-0.05, 0) is 35.9 Å². The number of fused-ring (bicyclic) bond motifs is 1. The Bertz CT molecular complexity index is 896. The van der Waals surface area contributed by atoms with Crippen LogP contribution >= 0.6 is 0 Å². The molecule has 180 valence electrons. The molecule has 4 rings (SSSR count). The topological polar surface area (TPSA) is 175 Å². The fourth-order valence-electron chi connectivity index (χ4n) is 4.19. The number of benzene rings is 1. The highest BCUT2D eigenvalue weighted by atomic mass is 16.8. The summed E-state index contributed by atoms with van der Waals surface area (Å²) >= 11 is 0. The Labute approximate surface area is 188 Å². The first-order valence-corrected chi connectivity index (χ1v) is 10.4. The van der Waals surface area contributed by atoms with Gasteiger partial charge in [-0.1, -0.05) is 6.08 Å². The van der Waals surface area contributed by atoms with Gasteiger partial charge < -0.3 is 49.6 Å². The van der Waals surface area contributed by atoms with Gasteiger partial charge in [0, 0.05) is 5.92 Å². The van der Waals surface area contributed by atoms with Gasteiger partial charge >= 0.3 is 5.97 Å². The number of aliphatic hydroxyl groups is 5. The first kappa shape index (κ1) is 23.6. The second kappa shape index (κ2) is 9.77. The molecule has 1 fully saturated rings. The Morgan fingerprint density at radius 3 is 2.42 bits per heavy atom. The Hall–Kier alpha value is -2.51. The van der Waals surface area contributed by atoms with Crippen molar-refractivity contribution < 1.29 is 54.4 Å². The van der Waals surface area contributed by atoms with Crippen LogP contribution in [0.4, 0.5) is 0 Å². The maximum Gasteiger partial charge on any atom is 0.338 e. The second-order valence-corrected chi connectivity index (χ2v) is 8.12. The molecule has 0 aromatic heterocycles. The molecule has 1 aromatic carbocycles. The zero-order valence-corrected chi connectivity index (χ0v) is 17.4. The summed E-state index contributed by atoms with van der Waals surface area (Å²) in [4.78, 5) is 12.3. The molecule has 33 heavy (non-hydrogen) atoms. The quantitative estimate of drug-likeness (QED) is 0.219. The standard InChI is InChI=1S/C22H26O11/c23-8-15-17(26)18(27)19(28)22(32-15)33-21-16-11(7-14(25)13(16)5-6-30-21)9-31-20(29)10-1-3-12(24)4-2-10/h1-7,13-19,21-28H,8-9H2/t13-,14+,15?,16+,17?,18?,19?,21-,22?/m0/s1. The first-order valence-electron chi connectivity index (χ1n) is 10.4. The van der Waals surface area contributed by atoms with E-state index in [0.29, 0.717) is 5.57 Å². The molecule has 1 saturated heterocycles. The van der Waals surface area contributed by atoms with Crippen molar-refractivity contribution in [3.63, 3.8) is 0 Å². The summed E-state index contributed by atoms with van der Waals surface area (Å²) in [6.45, 7) is -0.789. The zero-order valence-electron chi connectivity index (χ0n) is 17.4. The maximum absolute atomic E-state index is 12.3. The van der Waals surface area contributed by atoms with Gasteiger partial charge in [-0.25, -0.2) is 4.79 Å². The van der Waals surface area contributed by atoms with Gasteiger partial charge in [-0.3, -0.25) is 0 Å². The van der Waals surface area contributed by atoms with Crippen LogP contribution in [0.15, 0.2) is 48.3 Å². The monoisotopic (exact) mass is 466 g/mol. The third-order valence-corrected chi connectivity index (χ3v) is 6.02. The van der Waals surface area contributed by atoms with E-state index in [9.17, 15) is 35.4 Å². The molecule has 11 heteroatoms. The van der Waals surface area contributed by atoms with Crippen molar-refractivity contribution in [1.29, 1.82) is 0 Å². The molecule has 9 atom stereocenters. The van der Waals surface area contributed by atoms with E-state index in [0.717, 1.165) is 0 Å². The number of aromatic hydroxyl groups is 1. The average Bonchev–Trinajstić information content (AvgIpc) is 3.14. The molecule has 5 unspecified atom stereocenters. The molecule has 1 aliphatic carbocycles. The van der Waals surface area contributed by atoms with Crippen molar-refractivity contribution in [3.05, 3.63) is 53.8 Å². The number of phenolic OH excluding ortho intramolecular Hbond substituents is 1. The molecule has 2 heterocycles. The third kappa shape index (κ3) is 4.75. The van der Waals surface area contributed by atoms with Crippen molar-refractivity contribution >= 4 is 5.97 Å². The lowest BCUT2D eigenvalue weighted by molar-refractivity contribution is -0.339. The predicted molar refractivity (Wildman–Crippen MR) is 108 cm³/mol. The zero-order chi connectivity index (χ0) is 23.7. The van der Waals surface area contributed by atoms with Crippen LogP contribution in [0, 0.1) is 11.8 Å². The molecule has 2 aliphatic heterocycles. The number of aliphatic hydroxyl groups excluding tert-OH is 5. The van der Waals surface area contributed by atoms with E-state index in [4.69, 9.17) is 18.9 Å². The van der Waals surface area contributed by atoms with Crippen molar-refractivity contribution in [3.8, 4) is 5.75 Å². The number of phenols is 1. The van der Waals surface area contributed by atoms with Crippen LogP contribution < -0.4 is 0 Å². The summed E-state index contributed by atoms with van der Waals surface area (Å²) < 4.78 is 22.0. The molecule has 0 spiro atoms. The van der Waals surface area contributed by atoms with Gasteiger partial charge in [-0.2, -0.15) is 0 Å². The number of ether oxygens (including phenoxy) is 4. The summed E-state index contributed by atoms with van der Waals surface area (Å²) in [5.41, 5.74) is 0.746. The van der Waals surface area contributed by atoms with Crippen molar-refractivity contribution in [2.45, 2.75) is 43.1 Å². The van der Waals surface area contributed by atoms with Crippen LogP contribution in [0.3, 0.4) is 0 Å². The van der Waals surface area contributed by atoms with Gasteiger partial charge in [0.05, 0.1) is 30.5 Å². The van der Waals surface area contributed by atoms with E-state index in [1.807, 2.05) is 0 Å². The Kier molecular flexibility index (Phi) is 7.00. The summed E-state index contributed by atoms with van der Waals surface area (Å²) in [5.74, 6) is -1.69. The lowest BCUT2D eigenvalue weighted by Crippen LogP contribution is -2.60.